The molecular weight excluding hydrogens is 278 g/mol. The van der Waals surface area contributed by atoms with Crippen LogP contribution in [0.3, 0.4) is 0 Å². The highest BCUT2D eigenvalue weighted by Gasteiger charge is 2.85. The zero-order valence-corrected chi connectivity index (χ0v) is 12.5. The first kappa shape index (κ1) is 15.6. The molecule has 1 unspecified atom stereocenters. The number of hydrogen-bond acceptors (Lipinski definition) is 7. The van der Waals surface area contributed by atoms with Gasteiger partial charge in [0.1, 0.15) is 0 Å². The average molecular weight is 303 g/mol. The van der Waals surface area contributed by atoms with Gasteiger partial charge in [-0.2, -0.15) is 4.90 Å². The molecule has 7 heteroatoms. The minimum atomic E-state index is -2.48. The van der Waals surface area contributed by atoms with E-state index in [2.05, 4.69) is 0 Å². The van der Waals surface area contributed by atoms with Crippen LogP contribution in [0.1, 0.15) is 52.4 Å². The standard InChI is InChI=1S/C14H25NO6/c1-3-9-7-11(12(16,17)4-2)10(5-6-10)8-13(18,19)15(11)14(9,20)21/h9,16-21H,3-8H2,1-2H3/t9?,11-/m1/s1. The molecule has 1 saturated carbocycles. The van der Waals surface area contributed by atoms with Gasteiger partial charge < -0.3 is 30.6 Å². The highest BCUT2D eigenvalue weighted by molar-refractivity contribution is 5.29. The van der Waals surface area contributed by atoms with Crippen molar-refractivity contribution in [2.75, 3.05) is 0 Å². The highest BCUT2D eigenvalue weighted by atomic mass is 16.6. The molecule has 1 aliphatic carbocycles. The molecule has 122 valence electrons. The van der Waals surface area contributed by atoms with E-state index in [9.17, 15) is 30.6 Å². The zero-order chi connectivity index (χ0) is 15.9. The lowest BCUT2D eigenvalue weighted by Crippen LogP contribution is -2.69. The van der Waals surface area contributed by atoms with Crippen LogP contribution in [0.4, 0.5) is 0 Å². The summed E-state index contributed by atoms with van der Waals surface area (Å²) in [5, 5.41) is 62.9. The number of aliphatic hydroxyl groups is 6. The molecule has 0 aromatic heterocycles. The summed E-state index contributed by atoms with van der Waals surface area (Å²) in [6.45, 7) is 3.35. The van der Waals surface area contributed by atoms with Crippen LogP contribution in [0.15, 0.2) is 0 Å². The fourth-order valence-corrected chi connectivity index (χ4v) is 4.97. The third-order valence-electron chi connectivity index (χ3n) is 6.11. The van der Waals surface area contributed by atoms with Crippen molar-refractivity contribution >= 4 is 0 Å². The maximum atomic E-state index is 10.6. The Labute approximate surface area is 123 Å². The van der Waals surface area contributed by atoms with Gasteiger partial charge >= 0.3 is 0 Å². The molecule has 3 aliphatic rings. The Balaban J connectivity index is 2.22. The smallest absolute Gasteiger partial charge is 0.232 e. The normalized spacial score (nSPS) is 39.7. The Morgan fingerprint density at radius 3 is 2.10 bits per heavy atom. The Morgan fingerprint density at radius 1 is 1.10 bits per heavy atom. The van der Waals surface area contributed by atoms with Crippen LogP contribution < -0.4 is 0 Å². The van der Waals surface area contributed by atoms with E-state index in [0.29, 0.717) is 19.3 Å². The summed E-state index contributed by atoms with van der Waals surface area (Å²) in [6, 6.07) is 0. The van der Waals surface area contributed by atoms with Crippen molar-refractivity contribution < 1.29 is 30.6 Å². The second-order valence-electron chi connectivity index (χ2n) is 7.09. The van der Waals surface area contributed by atoms with Crippen molar-refractivity contribution in [2.45, 2.75) is 75.5 Å². The van der Waals surface area contributed by atoms with E-state index in [1.54, 1.807) is 13.8 Å². The topological polar surface area (TPSA) is 125 Å². The first-order valence-electron chi connectivity index (χ1n) is 7.65. The maximum Gasteiger partial charge on any atom is 0.232 e. The zero-order valence-electron chi connectivity index (χ0n) is 12.5. The van der Waals surface area contributed by atoms with Gasteiger partial charge in [-0.05, 0) is 25.7 Å². The maximum absolute atomic E-state index is 10.6. The Morgan fingerprint density at radius 2 is 1.67 bits per heavy atom. The monoisotopic (exact) mass is 303 g/mol. The summed E-state index contributed by atoms with van der Waals surface area (Å²) >= 11 is 0. The molecule has 0 aromatic carbocycles. The van der Waals surface area contributed by atoms with E-state index in [4.69, 9.17) is 0 Å². The molecule has 3 fully saturated rings. The number of nitrogens with zero attached hydrogens (tertiary/aromatic N) is 1. The molecule has 7 nitrogen and oxygen atoms in total. The molecule has 2 aliphatic heterocycles. The van der Waals surface area contributed by atoms with E-state index >= 15 is 0 Å². The van der Waals surface area contributed by atoms with Gasteiger partial charge in [-0.15, -0.1) is 0 Å². The lowest BCUT2D eigenvalue weighted by Gasteiger charge is -2.49. The van der Waals surface area contributed by atoms with Gasteiger partial charge in [0.05, 0.1) is 5.54 Å². The van der Waals surface area contributed by atoms with Crippen molar-refractivity contribution in [1.82, 2.24) is 4.90 Å². The molecule has 3 rings (SSSR count). The van der Waals surface area contributed by atoms with Crippen molar-refractivity contribution in [3.05, 3.63) is 0 Å². The SMILES string of the molecule is CCC1C[C@@]2(C(O)(O)CC)N(C(O)(O)CC23CC3)C1(O)O. The predicted octanol–water partition coefficient (Wildman–Crippen LogP) is -0.991. The molecule has 6 N–H and O–H groups in total. The van der Waals surface area contributed by atoms with Crippen LogP contribution in [0.2, 0.25) is 0 Å². The average Bonchev–Trinajstić information content (AvgIpc) is 3.01. The van der Waals surface area contributed by atoms with Gasteiger partial charge in [0.25, 0.3) is 0 Å². The van der Waals surface area contributed by atoms with E-state index < -0.39 is 34.5 Å². The van der Waals surface area contributed by atoms with Gasteiger partial charge in [-0.25, -0.2) is 0 Å². The molecular formula is C14H25NO6. The molecule has 0 amide bonds. The molecule has 2 heterocycles. The number of rotatable bonds is 3. The van der Waals surface area contributed by atoms with Crippen LogP contribution in [0.5, 0.6) is 0 Å². The summed E-state index contributed by atoms with van der Waals surface area (Å²) in [5.74, 6) is -7.84. The lowest BCUT2D eigenvalue weighted by atomic mass is 9.71. The van der Waals surface area contributed by atoms with Crippen molar-refractivity contribution in [2.24, 2.45) is 11.3 Å². The van der Waals surface area contributed by atoms with Crippen LogP contribution in [0.25, 0.3) is 0 Å². The van der Waals surface area contributed by atoms with Crippen molar-refractivity contribution in [3.63, 3.8) is 0 Å². The molecule has 0 radical (unpaired) electrons. The Kier molecular flexibility index (Phi) is 2.95. The van der Waals surface area contributed by atoms with Crippen LogP contribution >= 0.6 is 0 Å². The van der Waals surface area contributed by atoms with Crippen LogP contribution in [0, 0.1) is 11.3 Å². The number of hydrogen-bond donors (Lipinski definition) is 6. The summed E-state index contributed by atoms with van der Waals surface area (Å²) in [5.41, 5.74) is -2.15. The second-order valence-corrected chi connectivity index (χ2v) is 7.09. The summed E-state index contributed by atoms with van der Waals surface area (Å²) < 4.78 is 0. The third kappa shape index (κ3) is 1.57. The number of fused-ring (bicyclic) bond motifs is 2. The minimum Gasteiger partial charge on any atom is -0.364 e. The lowest BCUT2D eigenvalue weighted by molar-refractivity contribution is -0.402. The third-order valence-corrected chi connectivity index (χ3v) is 6.11. The van der Waals surface area contributed by atoms with Crippen LogP contribution in [-0.2, 0) is 0 Å². The first-order chi connectivity index (χ1) is 9.51. The predicted molar refractivity (Wildman–Crippen MR) is 71.0 cm³/mol. The quantitative estimate of drug-likeness (QED) is 0.370. The van der Waals surface area contributed by atoms with E-state index in [0.717, 1.165) is 4.90 Å². The largest absolute Gasteiger partial charge is 0.364 e. The van der Waals surface area contributed by atoms with Gasteiger partial charge in [0, 0.05) is 24.2 Å². The van der Waals surface area contributed by atoms with Gasteiger partial charge in [0.2, 0.25) is 11.8 Å². The van der Waals surface area contributed by atoms with Crippen molar-refractivity contribution in [1.29, 1.82) is 0 Å². The summed E-state index contributed by atoms with van der Waals surface area (Å²) in [7, 11) is 0. The van der Waals surface area contributed by atoms with E-state index in [1.807, 2.05) is 0 Å². The fourth-order valence-electron chi connectivity index (χ4n) is 4.97. The molecule has 1 spiro atoms. The van der Waals surface area contributed by atoms with Crippen LogP contribution in [-0.4, -0.2) is 58.7 Å². The first-order valence-corrected chi connectivity index (χ1v) is 7.65. The molecule has 0 aromatic rings. The highest BCUT2D eigenvalue weighted by Crippen LogP contribution is 2.74. The van der Waals surface area contributed by atoms with Gasteiger partial charge in [-0.1, -0.05) is 13.8 Å². The van der Waals surface area contributed by atoms with E-state index in [1.165, 1.54) is 0 Å². The molecule has 0 bridgehead atoms. The molecule has 21 heavy (non-hydrogen) atoms. The molecule has 2 saturated heterocycles. The summed E-state index contributed by atoms with van der Waals surface area (Å²) in [4.78, 5) is 0.762. The summed E-state index contributed by atoms with van der Waals surface area (Å²) in [6.07, 6.45) is 1.58. The fraction of sp³-hybridized carbons (Fsp3) is 1.00. The van der Waals surface area contributed by atoms with E-state index in [-0.39, 0.29) is 19.3 Å². The second kappa shape index (κ2) is 3.97. The Hall–Kier alpha value is -0.280. The molecule has 2 atom stereocenters. The minimum absolute atomic E-state index is 0.0339. The Bertz CT molecular complexity index is 456. The van der Waals surface area contributed by atoms with Crippen molar-refractivity contribution in [3.8, 4) is 0 Å². The van der Waals surface area contributed by atoms with Gasteiger partial charge in [0.15, 0.2) is 5.79 Å². The van der Waals surface area contributed by atoms with Gasteiger partial charge in [-0.3, -0.25) is 0 Å².